The van der Waals surface area contributed by atoms with Crippen LogP contribution in [0, 0.1) is 12.8 Å². The van der Waals surface area contributed by atoms with Crippen LogP contribution in [0.25, 0.3) is 0 Å². The molecule has 2 N–H and O–H groups in total. The first-order chi connectivity index (χ1) is 8.75. The number of nitrogens with zero attached hydrogens (tertiary/aromatic N) is 1. The third-order valence-corrected chi connectivity index (χ3v) is 3.50. The van der Waals surface area contributed by atoms with Gasteiger partial charge in [0.15, 0.2) is 0 Å². The fraction of sp³-hybridized carbons (Fsp3) is 0.571. The van der Waals surface area contributed by atoms with Gasteiger partial charge in [0.05, 0.1) is 0 Å². The topological polar surface area (TPSA) is 54.0 Å². The van der Waals surface area contributed by atoms with Crippen LogP contribution >= 0.6 is 0 Å². The van der Waals surface area contributed by atoms with Gasteiger partial charge < -0.3 is 10.6 Å². The number of hydrogen-bond donors (Lipinski definition) is 2. The van der Waals surface area contributed by atoms with Crippen LogP contribution in [-0.4, -0.2) is 24.0 Å². The first-order valence-electron chi connectivity index (χ1n) is 6.62. The van der Waals surface area contributed by atoms with Gasteiger partial charge in [0, 0.05) is 25.4 Å². The molecule has 1 amide bonds. The second kappa shape index (κ2) is 6.50. The summed E-state index contributed by atoms with van der Waals surface area (Å²) in [6.07, 6.45) is 6.56. The Bertz CT molecular complexity index is 400. The molecule has 2 rings (SSSR count). The average molecular weight is 247 g/mol. The minimum Gasteiger partial charge on any atom is -0.352 e. The van der Waals surface area contributed by atoms with Gasteiger partial charge in [-0.1, -0.05) is 0 Å². The molecule has 18 heavy (non-hydrogen) atoms. The monoisotopic (exact) mass is 247 g/mol. The molecular formula is C14H21N3O. The predicted octanol–water partition coefficient (Wildman–Crippen LogP) is 1.40. The number of aryl methyl sites for hydroxylation is 1. The zero-order valence-corrected chi connectivity index (χ0v) is 10.9. The van der Waals surface area contributed by atoms with Crippen molar-refractivity contribution in [3.8, 4) is 0 Å². The van der Waals surface area contributed by atoms with Crippen LogP contribution in [-0.2, 0) is 11.3 Å². The van der Waals surface area contributed by atoms with Crippen molar-refractivity contribution in [3.63, 3.8) is 0 Å². The zero-order valence-electron chi connectivity index (χ0n) is 10.9. The Hall–Kier alpha value is -1.42. The van der Waals surface area contributed by atoms with Crippen molar-refractivity contribution in [2.45, 2.75) is 32.7 Å². The van der Waals surface area contributed by atoms with Crippen LogP contribution in [0.5, 0.6) is 0 Å². The largest absolute Gasteiger partial charge is 0.352 e. The van der Waals surface area contributed by atoms with Gasteiger partial charge in [-0.15, -0.1) is 0 Å². The summed E-state index contributed by atoms with van der Waals surface area (Å²) < 4.78 is 0. The van der Waals surface area contributed by atoms with E-state index >= 15 is 0 Å². The van der Waals surface area contributed by atoms with E-state index in [2.05, 4.69) is 15.6 Å². The zero-order chi connectivity index (χ0) is 12.8. The average Bonchev–Trinajstić information content (AvgIpc) is 2.39. The molecule has 0 spiro atoms. The molecule has 4 heteroatoms. The Balaban J connectivity index is 1.76. The number of carbonyl (C=O) groups is 1. The highest BCUT2D eigenvalue weighted by Crippen LogP contribution is 2.13. The summed E-state index contributed by atoms with van der Waals surface area (Å²) in [7, 11) is 0. The van der Waals surface area contributed by atoms with E-state index in [4.69, 9.17) is 0 Å². The van der Waals surface area contributed by atoms with E-state index in [0.717, 1.165) is 25.1 Å². The van der Waals surface area contributed by atoms with E-state index in [0.29, 0.717) is 18.9 Å². The molecule has 1 aliphatic heterocycles. The Morgan fingerprint density at radius 2 is 2.50 bits per heavy atom. The summed E-state index contributed by atoms with van der Waals surface area (Å²) in [5.41, 5.74) is 2.26. The fourth-order valence-electron chi connectivity index (χ4n) is 2.31. The molecule has 1 aliphatic rings. The number of nitrogens with one attached hydrogen (secondary N) is 2. The molecule has 0 radical (unpaired) electrons. The standard InChI is InChI=1S/C14H21N3O/c1-11-4-6-16-9-13(11)10-17-14(18)7-12-3-2-5-15-8-12/h4,6,9,12,15H,2-3,5,7-8,10H2,1H3,(H,17,18). The van der Waals surface area contributed by atoms with Crippen LogP contribution in [0.2, 0.25) is 0 Å². The molecule has 1 aromatic heterocycles. The van der Waals surface area contributed by atoms with Crippen molar-refractivity contribution in [1.29, 1.82) is 0 Å². The van der Waals surface area contributed by atoms with Crippen LogP contribution in [0.1, 0.15) is 30.4 Å². The minimum absolute atomic E-state index is 0.145. The molecule has 4 nitrogen and oxygen atoms in total. The van der Waals surface area contributed by atoms with Crippen molar-refractivity contribution >= 4 is 5.91 Å². The maximum atomic E-state index is 11.8. The molecule has 1 saturated heterocycles. The van der Waals surface area contributed by atoms with Crippen molar-refractivity contribution in [1.82, 2.24) is 15.6 Å². The lowest BCUT2D eigenvalue weighted by molar-refractivity contribution is -0.122. The van der Waals surface area contributed by atoms with Gasteiger partial charge in [-0.2, -0.15) is 0 Å². The fourth-order valence-corrected chi connectivity index (χ4v) is 2.31. The normalized spacial score (nSPS) is 19.5. The van der Waals surface area contributed by atoms with Crippen molar-refractivity contribution in [3.05, 3.63) is 29.6 Å². The first-order valence-corrected chi connectivity index (χ1v) is 6.62. The second-order valence-corrected chi connectivity index (χ2v) is 5.00. The highest BCUT2D eigenvalue weighted by molar-refractivity contribution is 5.76. The smallest absolute Gasteiger partial charge is 0.220 e. The molecule has 0 saturated carbocycles. The SMILES string of the molecule is Cc1ccncc1CNC(=O)CC1CCCNC1. The first kappa shape index (κ1) is 13.0. The van der Waals surface area contributed by atoms with Gasteiger partial charge in [-0.25, -0.2) is 0 Å². The quantitative estimate of drug-likeness (QED) is 0.845. The molecule has 1 atom stereocenters. The van der Waals surface area contributed by atoms with Gasteiger partial charge in [-0.05, 0) is 56.0 Å². The van der Waals surface area contributed by atoms with Crippen LogP contribution in [0.15, 0.2) is 18.5 Å². The van der Waals surface area contributed by atoms with Crippen molar-refractivity contribution < 1.29 is 4.79 Å². The van der Waals surface area contributed by atoms with Gasteiger partial charge in [-0.3, -0.25) is 9.78 Å². The van der Waals surface area contributed by atoms with E-state index in [1.165, 1.54) is 12.0 Å². The lowest BCUT2D eigenvalue weighted by atomic mass is 9.96. The maximum absolute atomic E-state index is 11.8. The van der Waals surface area contributed by atoms with Crippen molar-refractivity contribution in [2.24, 2.45) is 5.92 Å². The summed E-state index contributed by atoms with van der Waals surface area (Å²) in [4.78, 5) is 15.9. The number of pyridine rings is 1. The number of carbonyl (C=O) groups excluding carboxylic acids is 1. The van der Waals surface area contributed by atoms with Crippen molar-refractivity contribution in [2.75, 3.05) is 13.1 Å². The molecule has 1 unspecified atom stereocenters. The molecular weight excluding hydrogens is 226 g/mol. The van der Waals surface area contributed by atoms with E-state index in [-0.39, 0.29) is 5.91 Å². The summed E-state index contributed by atoms with van der Waals surface area (Å²) in [5, 5.41) is 6.31. The van der Waals surface area contributed by atoms with Gasteiger partial charge in [0.25, 0.3) is 0 Å². The summed E-state index contributed by atoms with van der Waals surface area (Å²) in [6.45, 7) is 4.68. The third kappa shape index (κ3) is 3.81. The third-order valence-electron chi connectivity index (χ3n) is 3.50. The van der Waals surface area contributed by atoms with E-state index in [9.17, 15) is 4.79 Å². The molecule has 1 fully saturated rings. The number of amides is 1. The van der Waals surface area contributed by atoms with E-state index in [1.807, 2.05) is 19.2 Å². The summed E-state index contributed by atoms with van der Waals surface area (Å²) in [6, 6.07) is 1.96. The van der Waals surface area contributed by atoms with Crippen LogP contribution in [0.4, 0.5) is 0 Å². The van der Waals surface area contributed by atoms with Crippen LogP contribution in [0.3, 0.4) is 0 Å². The number of aromatic nitrogens is 1. The van der Waals surface area contributed by atoms with Crippen LogP contribution < -0.4 is 10.6 Å². The molecule has 0 aliphatic carbocycles. The van der Waals surface area contributed by atoms with Gasteiger partial charge in [0.2, 0.25) is 5.91 Å². The Morgan fingerprint density at radius 1 is 1.61 bits per heavy atom. The molecule has 98 valence electrons. The highest BCUT2D eigenvalue weighted by atomic mass is 16.1. The molecule has 0 bridgehead atoms. The molecule has 2 heterocycles. The molecule has 1 aromatic rings. The number of piperidine rings is 1. The number of hydrogen-bond acceptors (Lipinski definition) is 3. The second-order valence-electron chi connectivity index (χ2n) is 5.00. The van der Waals surface area contributed by atoms with E-state index < -0.39 is 0 Å². The van der Waals surface area contributed by atoms with E-state index in [1.54, 1.807) is 6.20 Å². The van der Waals surface area contributed by atoms with Gasteiger partial charge >= 0.3 is 0 Å². The molecule has 0 aromatic carbocycles. The summed E-state index contributed by atoms with van der Waals surface area (Å²) in [5.74, 6) is 0.640. The Labute approximate surface area is 108 Å². The minimum atomic E-state index is 0.145. The maximum Gasteiger partial charge on any atom is 0.220 e. The predicted molar refractivity (Wildman–Crippen MR) is 71.0 cm³/mol. The Kier molecular flexibility index (Phi) is 4.70. The van der Waals surface area contributed by atoms with Gasteiger partial charge in [0.1, 0.15) is 0 Å². The summed E-state index contributed by atoms with van der Waals surface area (Å²) >= 11 is 0. The highest BCUT2D eigenvalue weighted by Gasteiger charge is 2.16. The lowest BCUT2D eigenvalue weighted by Crippen LogP contribution is -2.34. The number of rotatable bonds is 4. The lowest BCUT2D eigenvalue weighted by Gasteiger charge is -2.22. The Morgan fingerprint density at radius 3 is 3.22 bits per heavy atom.